The van der Waals surface area contributed by atoms with Crippen LogP contribution in [-0.4, -0.2) is 63.1 Å². The van der Waals surface area contributed by atoms with Crippen LogP contribution < -0.4 is 4.90 Å². The van der Waals surface area contributed by atoms with Crippen molar-refractivity contribution in [1.29, 1.82) is 0 Å². The first kappa shape index (κ1) is 30.0. The Balaban J connectivity index is 0.000000513. The molecule has 0 amide bonds. The second-order valence-corrected chi connectivity index (χ2v) is 11.7. The molecule has 33 heavy (non-hydrogen) atoms. The maximum absolute atomic E-state index is 12.5. The molecule has 190 valence electrons. The number of piperidine rings is 1. The molecule has 0 radical (unpaired) electrons. The molecule has 1 aliphatic rings. The Bertz CT molecular complexity index is 794. The van der Waals surface area contributed by atoms with Gasteiger partial charge in [0.05, 0.1) is 26.4 Å². The highest BCUT2D eigenvalue weighted by atomic mass is 31.2. The van der Waals surface area contributed by atoms with Crippen LogP contribution in [0.1, 0.15) is 46.1 Å². The predicted octanol–water partition coefficient (Wildman–Crippen LogP) is 5.32. The first-order chi connectivity index (χ1) is 15.6. The smallest absolute Gasteiger partial charge is 0.338 e. The maximum Gasteiger partial charge on any atom is 0.338 e. The van der Waals surface area contributed by atoms with Gasteiger partial charge in [0.2, 0.25) is 0 Å². The largest absolute Gasteiger partial charge is 0.357 e. The summed E-state index contributed by atoms with van der Waals surface area (Å²) in [7, 11) is -5.99. The third kappa shape index (κ3) is 11.3. The van der Waals surface area contributed by atoms with E-state index in [1.165, 1.54) is 12.2 Å². The van der Waals surface area contributed by atoms with Crippen LogP contribution in [0, 0.1) is 12.8 Å². The molecule has 11 heteroatoms. The minimum Gasteiger partial charge on any atom is -0.357 e. The van der Waals surface area contributed by atoms with E-state index < -0.39 is 15.2 Å². The van der Waals surface area contributed by atoms with Crippen molar-refractivity contribution >= 4 is 26.8 Å². The van der Waals surface area contributed by atoms with Crippen LogP contribution in [0.15, 0.2) is 18.3 Å². The number of hydrogen-bond donors (Lipinski definition) is 0. The fraction of sp³-hybridized carbons (Fsp3) is 0.727. The molecule has 0 N–H and O–H groups in total. The van der Waals surface area contributed by atoms with E-state index in [2.05, 4.69) is 16.0 Å². The number of hydrogen-bond acceptors (Lipinski definition) is 9. The molecule has 1 saturated heterocycles. The third-order valence-electron chi connectivity index (χ3n) is 4.90. The van der Waals surface area contributed by atoms with Crippen molar-refractivity contribution in [2.45, 2.75) is 47.5 Å². The molecule has 0 aromatic carbocycles. The van der Waals surface area contributed by atoms with Crippen LogP contribution in [0.5, 0.6) is 0 Å². The summed E-state index contributed by atoms with van der Waals surface area (Å²) in [5.74, 6) is 0.854. The Morgan fingerprint density at radius 3 is 1.97 bits per heavy atom. The summed E-state index contributed by atoms with van der Waals surface area (Å²) in [6, 6.07) is 4.03. The van der Waals surface area contributed by atoms with Gasteiger partial charge in [-0.25, -0.2) is 4.98 Å². The molecular formula is C22H40N2O7P2. The average molecular weight is 507 g/mol. The highest BCUT2D eigenvalue weighted by Gasteiger charge is 2.33. The first-order valence-electron chi connectivity index (χ1n) is 11.5. The van der Waals surface area contributed by atoms with Gasteiger partial charge in [0.1, 0.15) is 17.8 Å². The lowest BCUT2D eigenvalue weighted by Gasteiger charge is -2.32. The molecule has 2 rings (SSSR count). The summed E-state index contributed by atoms with van der Waals surface area (Å²) in [6.07, 6.45) is 3.17. The maximum atomic E-state index is 12.5. The van der Waals surface area contributed by atoms with Crippen LogP contribution in [-0.2, 0) is 32.0 Å². The quantitative estimate of drug-likeness (QED) is 0.348. The van der Waals surface area contributed by atoms with E-state index in [4.69, 9.17) is 18.1 Å². The van der Waals surface area contributed by atoms with Crippen LogP contribution in [0.2, 0.25) is 0 Å². The number of nitrogens with zero attached hydrogens (tertiary/aromatic N) is 2. The zero-order chi connectivity index (χ0) is 24.9. The molecule has 1 fully saturated rings. The normalized spacial score (nSPS) is 15.2. The summed E-state index contributed by atoms with van der Waals surface area (Å²) >= 11 is 0. The summed E-state index contributed by atoms with van der Waals surface area (Å²) < 4.78 is 43.5. The van der Waals surface area contributed by atoms with Gasteiger partial charge >= 0.3 is 15.2 Å². The van der Waals surface area contributed by atoms with Crippen molar-refractivity contribution in [1.82, 2.24) is 4.98 Å². The molecule has 0 saturated carbocycles. The molecule has 0 unspecified atom stereocenters. The minimum atomic E-state index is -3.30. The molecule has 1 aromatic rings. The topological polar surface area (TPSA) is 104 Å². The molecule has 1 aliphatic heterocycles. The summed E-state index contributed by atoms with van der Waals surface area (Å²) in [5, 5.41) is 0. The van der Waals surface area contributed by atoms with Gasteiger partial charge < -0.3 is 23.0 Å². The van der Waals surface area contributed by atoms with E-state index in [1.807, 2.05) is 19.2 Å². The number of carbonyl (C=O) groups excluding carboxylic acids is 1. The van der Waals surface area contributed by atoms with Gasteiger partial charge in [0, 0.05) is 31.9 Å². The van der Waals surface area contributed by atoms with Crippen molar-refractivity contribution in [2.75, 3.05) is 57.2 Å². The van der Waals surface area contributed by atoms with E-state index in [0.29, 0.717) is 13.2 Å². The number of rotatable bonds is 12. The number of carbonyl (C=O) groups is 1. The van der Waals surface area contributed by atoms with Gasteiger partial charge in [-0.15, -0.1) is 0 Å². The first-order valence-corrected chi connectivity index (χ1v) is 15.3. The van der Waals surface area contributed by atoms with E-state index in [-0.39, 0.29) is 31.1 Å². The highest BCUT2D eigenvalue weighted by Crippen LogP contribution is 2.48. The number of aromatic nitrogens is 1. The van der Waals surface area contributed by atoms with Gasteiger partial charge in [-0.05, 0) is 65.2 Å². The fourth-order valence-corrected chi connectivity index (χ4v) is 6.17. The van der Waals surface area contributed by atoms with Crippen LogP contribution in [0.3, 0.4) is 0 Å². The van der Waals surface area contributed by atoms with Crippen molar-refractivity contribution in [3.63, 3.8) is 0 Å². The second kappa shape index (κ2) is 15.0. The number of ketones is 1. The number of anilines is 1. The second-order valence-electron chi connectivity index (χ2n) is 7.63. The minimum absolute atomic E-state index is 0.0166. The zero-order valence-electron chi connectivity index (χ0n) is 20.8. The van der Waals surface area contributed by atoms with Gasteiger partial charge in [-0.3, -0.25) is 13.9 Å². The zero-order valence-corrected chi connectivity index (χ0v) is 22.6. The Labute approximate surface area is 198 Å². The lowest BCUT2D eigenvalue weighted by atomic mass is 9.93. The molecule has 1 aromatic heterocycles. The molecule has 0 atom stereocenters. The third-order valence-corrected chi connectivity index (χ3v) is 8.36. The summed E-state index contributed by atoms with van der Waals surface area (Å²) in [6.45, 7) is 13.6. The predicted molar refractivity (Wildman–Crippen MR) is 131 cm³/mol. The average Bonchev–Trinajstić information content (AvgIpc) is 2.74. The van der Waals surface area contributed by atoms with E-state index in [0.717, 1.165) is 31.7 Å². The lowest BCUT2D eigenvalue weighted by molar-refractivity contribution is -0.121. The Kier molecular flexibility index (Phi) is 13.6. The van der Waals surface area contributed by atoms with E-state index in [9.17, 15) is 13.9 Å². The molecule has 9 nitrogen and oxygen atoms in total. The number of aryl methyl sites for hydroxylation is 1. The SMILES string of the molecule is CCOP(=O)(CC(=O)C1CCN(c2cc(C)ccn2)CC1)OCC.CCOP(C)(=O)OCC. The van der Waals surface area contributed by atoms with Crippen molar-refractivity contribution in [2.24, 2.45) is 5.92 Å². The molecule has 0 spiro atoms. The molecule has 0 aliphatic carbocycles. The molecule has 0 bridgehead atoms. The van der Waals surface area contributed by atoms with E-state index in [1.54, 1.807) is 27.7 Å². The monoisotopic (exact) mass is 506 g/mol. The molecular weight excluding hydrogens is 466 g/mol. The van der Waals surface area contributed by atoms with Gasteiger partial charge in [0.25, 0.3) is 0 Å². The summed E-state index contributed by atoms with van der Waals surface area (Å²) in [5.41, 5.74) is 1.17. The Morgan fingerprint density at radius 2 is 1.52 bits per heavy atom. The Morgan fingerprint density at radius 1 is 1.00 bits per heavy atom. The van der Waals surface area contributed by atoms with Crippen molar-refractivity contribution in [3.05, 3.63) is 23.9 Å². The van der Waals surface area contributed by atoms with Crippen molar-refractivity contribution in [3.8, 4) is 0 Å². The van der Waals surface area contributed by atoms with Gasteiger partial charge in [-0.1, -0.05) is 0 Å². The van der Waals surface area contributed by atoms with Gasteiger partial charge in [0.15, 0.2) is 0 Å². The van der Waals surface area contributed by atoms with Crippen LogP contribution in [0.4, 0.5) is 5.82 Å². The fourth-order valence-electron chi connectivity index (χ4n) is 3.47. The van der Waals surface area contributed by atoms with Gasteiger partial charge in [-0.2, -0.15) is 0 Å². The standard InChI is InChI=1S/C17H27N2O4P.C5H13O3P/c1-4-22-24(21,23-5-2)13-16(20)15-7-10-19(11-8-15)17-12-14(3)6-9-18-17;1-4-7-9(3,6)8-5-2/h6,9,12,15H,4-5,7-8,10-11,13H2,1-3H3;4-5H2,1-3H3. The number of pyridine rings is 1. The number of Topliss-reactive ketones (excluding diaryl/α,β-unsaturated/α-hetero) is 1. The van der Waals surface area contributed by atoms with Crippen molar-refractivity contribution < 1.29 is 32.0 Å². The van der Waals surface area contributed by atoms with Crippen LogP contribution in [0.25, 0.3) is 0 Å². The highest BCUT2D eigenvalue weighted by molar-refractivity contribution is 7.54. The molecule has 2 heterocycles. The summed E-state index contributed by atoms with van der Waals surface area (Å²) in [4.78, 5) is 19.1. The van der Waals surface area contributed by atoms with Crippen LogP contribution >= 0.6 is 15.2 Å². The van der Waals surface area contributed by atoms with E-state index >= 15 is 0 Å². The lowest BCUT2D eigenvalue weighted by Crippen LogP contribution is -2.37. The Hall–Kier alpha value is -1.08.